The van der Waals surface area contributed by atoms with E-state index in [4.69, 9.17) is 4.74 Å². The average molecular weight is 456 g/mol. The lowest BCUT2D eigenvalue weighted by atomic mass is 10.0. The second-order valence-electron chi connectivity index (χ2n) is 7.39. The van der Waals surface area contributed by atoms with Gasteiger partial charge in [0.05, 0.1) is 23.5 Å². The van der Waals surface area contributed by atoms with Crippen molar-refractivity contribution in [2.24, 2.45) is 0 Å². The highest BCUT2D eigenvalue weighted by Crippen LogP contribution is 2.34. The van der Waals surface area contributed by atoms with Crippen molar-refractivity contribution in [1.29, 1.82) is 0 Å². The zero-order valence-electron chi connectivity index (χ0n) is 17.4. The lowest BCUT2D eigenvalue weighted by Crippen LogP contribution is -2.42. The van der Waals surface area contributed by atoms with Crippen LogP contribution in [0.2, 0.25) is 0 Å². The summed E-state index contributed by atoms with van der Waals surface area (Å²) in [5, 5.41) is 9.39. The minimum absolute atomic E-state index is 0.0289. The molecule has 1 aliphatic rings. The van der Waals surface area contributed by atoms with Crippen molar-refractivity contribution in [1.82, 2.24) is 15.1 Å². The van der Waals surface area contributed by atoms with Gasteiger partial charge in [0, 0.05) is 17.4 Å². The van der Waals surface area contributed by atoms with Crippen molar-refractivity contribution in [2.45, 2.75) is 19.2 Å². The van der Waals surface area contributed by atoms with E-state index in [9.17, 15) is 22.8 Å². The Morgan fingerprint density at radius 3 is 2.79 bits per heavy atom. The topological polar surface area (TPSA) is 85.3 Å². The van der Waals surface area contributed by atoms with Crippen LogP contribution in [0.3, 0.4) is 0 Å². The highest BCUT2D eigenvalue weighted by atomic mass is 19.4. The van der Waals surface area contributed by atoms with Crippen LogP contribution in [0, 0.1) is 6.92 Å². The first-order chi connectivity index (χ1) is 15.7. The minimum Gasteiger partial charge on any atom is -0.478 e. The number of nitrogens with one attached hydrogen (secondary N) is 2. The fourth-order valence-electron chi connectivity index (χ4n) is 3.43. The van der Waals surface area contributed by atoms with Gasteiger partial charge < -0.3 is 15.4 Å². The summed E-state index contributed by atoms with van der Waals surface area (Å²) in [7, 11) is 0. The van der Waals surface area contributed by atoms with E-state index in [0.29, 0.717) is 28.2 Å². The lowest BCUT2D eigenvalue weighted by molar-refractivity contribution is -0.192. The molecule has 2 amide bonds. The number of aryl methyl sites for hydroxylation is 1. The predicted octanol–water partition coefficient (Wildman–Crippen LogP) is 4.03. The molecule has 2 heterocycles. The van der Waals surface area contributed by atoms with E-state index in [1.54, 1.807) is 48.1 Å². The Kier molecular flexibility index (Phi) is 5.67. The third-order valence-electron chi connectivity index (χ3n) is 5.08. The Morgan fingerprint density at radius 1 is 1.27 bits per heavy atom. The number of hydrogen-bond donors (Lipinski definition) is 2. The Morgan fingerprint density at radius 2 is 2.06 bits per heavy atom. The van der Waals surface area contributed by atoms with Gasteiger partial charge in [-0.15, -0.1) is 0 Å². The summed E-state index contributed by atoms with van der Waals surface area (Å²) < 4.78 is 46.5. The van der Waals surface area contributed by atoms with E-state index in [1.165, 1.54) is 12.1 Å². The molecule has 1 atom stereocenters. The largest absolute Gasteiger partial charge is 0.478 e. The van der Waals surface area contributed by atoms with Crippen LogP contribution in [0.25, 0.3) is 16.8 Å². The number of fused-ring (bicyclic) bond motifs is 1. The van der Waals surface area contributed by atoms with Crippen molar-refractivity contribution in [3.05, 3.63) is 72.6 Å². The number of amides is 2. The molecule has 0 saturated carbocycles. The number of benzene rings is 2. The number of rotatable bonds is 4. The Balaban J connectivity index is 1.69. The first-order valence-corrected chi connectivity index (χ1v) is 9.92. The molecular formula is C23H19F3N4O3. The molecule has 170 valence electrons. The molecular weight excluding hydrogens is 437 g/mol. The van der Waals surface area contributed by atoms with Crippen molar-refractivity contribution >= 4 is 17.5 Å². The zero-order chi connectivity index (χ0) is 23.8. The Bertz CT molecular complexity index is 1250. The molecule has 0 spiro atoms. The molecule has 0 bridgehead atoms. The van der Waals surface area contributed by atoms with Gasteiger partial charge in [0.2, 0.25) is 12.0 Å². The van der Waals surface area contributed by atoms with E-state index < -0.39 is 24.7 Å². The Labute approximate surface area is 186 Å². The quantitative estimate of drug-likeness (QED) is 0.581. The predicted molar refractivity (Wildman–Crippen MR) is 115 cm³/mol. The fourth-order valence-corrected chi connectivity index (χ4v) is 3.43. The van der Waals surface area contributed by atoms with Gasteiger partial charge in [-0.25, -0.2) is 4.68 Å². The summed E-state index contributed by atoms with van der Waals surface area (Å²) >= 11 is 0. The standard InChI is InChI=1S/C23H19F3N4O3/c1-3-21(31)28-15-5-4-6-16(10-15)30-12-18(13(2)29-30)14-7-8-17-19(9-14)33-20(23(24,25)26)11-27-22(17)32/h3-10,12,20H,1,11H2,2H3,(H,27,32)(H,28,31). The van der Waals surface area contributed by atoms with Crippen molar-refractivity contribution in [3.63, 3.8) is 0 Å². The van der Waals surface area contributed by atoms with Crippen LogP contribution in [0.15, 0.2) is 61.3 Å². The van der Waals surface area contributed by atoms with E-state index in [1.807, 2.05) is 0 Å². The molecule has 1 unspecified atom stereocenters. The van der Waals surface area contributed by atoms with Crippen LogP contribution >= 0.6 is 0 Å². The van der Waals surface area contributed by atoms with E-state index in [2.05, 4.69) is 22.3 Å². The second kappa shape index (κ2) is 8.45. The molecule has 1 aromatic heterocycles. The third-order valence-corrected chi connectivity index (χ3v) is 5.08. The normalized spacial score (nSPS) is 15.6. The third kappa shape index (κ3) is 4.59. The highest BCUT2D eigenvalue weighted by Gasteiger charge is 2.43. The number of aromatic nitrogens is 2. The van der Waals surface area contributed by atoms with E-state index in [0.717, 1.165) is 6.08 Å². The summed E-state index contributed by atoms with van der Waals surface area (Å²) in [4.78, 5) is 23.8. The van der Waals surface area contributed by atoms with Gasteiger partial charge in [-0.2, -0.15) is 18.3 Å². The molecule has 0 aliphatic carbocycles. The first kappa shape index (κ1) is 22.1. The number of nitrogens with zero attached hydrogens (tertiary/aromatic N) is 2. The summed E-state index contributed by atoms with van der Waals surface area (Å²) in [6, 6.07) is 11.4. The lowest BCUT2D eigenvalue weighted by Gasteiger charge is -2.19. The second-order valence-corrected chi connectivity index (χ2v) is 7.39. The van der Waals surface area contributed by atoms with Crippen LogP contribution in [0.4, 0.5) is 18.9 Å². The van der Waals surface area contributed by atoms with Crippen molar-refractivity contribution in [2.75, 3.05) is 11.9 Å². The summed E-state index contributed by atoms with van der Waals surface area (Å²) in [5.74, 6) is -1.13. The maximum atomic E-state index is 13.2. The summed E-state index contributed by atoms with van der Waals surface area (Å²) in [6.45, 7) is 4.51. The molecule has 10 heteroatoms. The molecule has 7 nitrogen and oxygen atoms in total. The van der Waals surface area contributed by atoms with E-state index >= 15 is 0 Å². The molecule has 2 N–H and O–H groups in total. The number of carbonyl (C=O) groups is 2. The molecule has 1 aliphatic heterocycles. The monoisotopic (exact) mass is 456 g/mol. The van der Waals surface area contributed by atoms with Gasteiger partial charge in [0.1, 0.15) is 5.75 Å². The minimum atomic E-state index is -4.63. The molecule has 0 fully saturated rings. The zero-order valence-corrected chi connectivity index (χ0v) is 17.4. The smallest absolute Gasteiger partial charge is 0.427 e. The molecule has 0 saturated heterocycles. The number of halogens is 3. The average Bonchev–Trinajstić information content (AvgIpc) is 3.08. The van der Waals surface area contributed by atoms with Crippen LogP contribution in [0.5, 0.6) is 5.75 Å². The Hall–Kier alpha value is -4.08. The van der Waals surface area contributed by atoms with Crippen molar-refractivity contribution in [3.8, 4) is 22.6 Å². The van der Waals surface area contributed by atoms with Crippen LogP contribution in [-0.4, -0.2) is 40.4 Å². The molecule has 33 heavy (non-hydrogen) atoms. The number of carbonyl (C=O) groups excluding carboxylic acids is 2. The molecule has 4 rings (SSSR count). The maximum Gasteiger partial charge on any atom is 0.427 e. The highest BCUT2D eigenvalue weighted by molar-refractivity contribution is 5.99. The first-order valence-electron chi connectivity index (χ1n) is 9.92. The van der Waals surface area contributed by atoms with Gasteiger partial charge in [-0.3, -0.25) is 9.59 Å². The number of anilines is 1. The summed E-state index contributed by atoms with van der Waals surface area (Å²) in [6.07, 6.45) is -3.90. The number of ether oxygens (including phenoxy) is 1. The maximum absolute atomic E-state index is 13.2. The van der Waals surface area contributed by atoms with Crippen LogP contribution < -0.4 is 15.4 Å². The van der Waals surface area contributed by atoms with Gasteiger partial charge in [-0.05, 0) is 48.9 Å². The molecule has 2 aromatic carbocycles. The van der Waals surface area contributed by atoms with Gasteiger partial charge in [0.15, 0.2) is 0 Å². The van der Waals surface area contributed by atoms with Crippen LogP contribution in [0.1, 0.15) is 16.1 Å². The van der Waals surface area contributed by atoms with Crippen LogP contribution in [-0.2, 0) is 4.79 Å². The van der Waals surface area contributed by atoms with Crippen molar-refractivity contribution < 1.29 is 27.5 Å². The van der Waals surface area contributed by atoms with Gasteiger partial charge in [0.25, 0.3) is 5.91 Å². The van der Waals surface area contributed by atoms with Gasteiger partial charge >= 0.3 is 6.18 Å². The fraction of sp³-hybridized carbons (Fsp3) is 0.174. The van der Waals surface area contributed by atoms with E-state index in [-0.39, 0.29) is 17.2 Å². The molecule has 3 aromatic rings. The number of alkyl halides is 3. The summed E-state index contributed by atoms with van der Waals surface area (Å²) in [5.41, 5.74) is 3.05. The number of hydrogen-bond acceptors (Lipinski definition) is 4. The SMILES string of the molecule is C=CC(=O)Nc1cccc(-n2cc(-c3ccc4c(c3)OC(C(F)(F)F)CNC4=O)c(C)n2)c1. The van der Waals surface area contributed by atoms with Gasteiger partial charge in [-0.1, -0.05) is 18.7 Å². The molecule has 0 radical (unpaired) electrons.